The third-order valence-electron chi connectivity index (χ3n) is 3.62. The zero-order chi connectivity index (χ0) is 13.3. The second kappa shape index (κ2) is 8.31. The molecule has 1 aliphatic rings. The van der Waals surface area contributed by atoms with Gasteiger partial charge in [-0.3, -0.25) is 4.90 Å². The molecule has 1 saturated heterocycles. The minimum absolute atomic E-state index is 0.515. The van der Waals surface area contributed by atoms with Gasteiger partial charge in [-0.15, -0.1) is 0 Å². The molecule has 106 valence electrons. The van der Waals surface area contributed by atoms with Gasteiger partial charge in [0, 0.05) is 45.4 Å². The summed E-state index contributed by atoms with van der Waals surface area (Å²) < 4.78 is 5.57. The van der Waals surface area contributed by atoms with E-state index in [1.54, 1.807) is 0 Å². The van der Waals surface area contributed by atoms with Gasteiger partial charge in [0.15, 0.2) is 0 Å². The highest BCUT2D eigenvalue weighted by Crippen LogP contribution is 2.21. The van der Waals surface area contributed by atoms with Crippen LogP contribution in [-0.2, 0) is 4.74 Å². The summed E-state index contributed by atoms with van der Waals surface area (Å²) >= 11 is 0. The van der Waals surface area contributed by atoms with Crippen molar-refractivity contribution in [1.82, 2.24) is 10.2 Å². The van der Waals surface area contributed by atoms with Crippen molar-refractivity contribution in [2.24, 2.45) is 0 Å². The number of nitrogens with zero attached hydrogens (tertiary/aromatic N) is 1. The maximum atomic E-state index is 5.57. The molecule has 2 rings (SSSR count). The van der Waals surface area contributed by atoms with Crippen molar-refractivity contribution in [3.8, 4) is 0 Å². The minimum atomic E-state index is 0.515. The van der Waals surface area contributed by atoms with E-state index in [0.29, 0.717) is 6.04 Å². The minimum Gasteiger partial charge on any atom is -0.381 e. The van der Waals surface area contributed by atoms with Gasteiger partial charge in [0.1, 0.15) is 0 Å². The van der Waals surface area contributed by atoms with E-state index in [-0.39, 0.29) is 0 Å². The number of ether oxygens (including phenoxy) is 1. The Balaban J connectivity index is 1.83. The van der Waals surface area contributed by atoms with Crippen LogP contribution in [0.5, 0.6) is 0 Å². The molecule has 0 spiro atoms. The Hall–Kier alpha value is -0.900. The molecule has 0 radical (unpaired) electrons. The second-order valence-corrected chi connectivity index (χ2v) is 5.13. The van der Waals surface area contributed by atoms with E-state index in [4.69, 9.17) is 4.74 Å². The van der Waals surface area contributed by atoms with Crippen molar-refractivity contribution >= 4 is 0 Å². The molecule has 0 aromatic heterocycles. The molecule has 3 nitrogen and oxygen atoms in total. The van der Waals surface area contributed by atoms with E-state index in [9.17, 15) is 0 Å². The Labute approximate surface area is 116 Å². The first-order chi connectivity index (χ1) is 9.42. The van der Waals surface area contributed by atoms with Crippen molar-refractivity contribution in [2.75, 3.05) is 39.4 Å². The van der Waals surface area contributed by atoms with Gasteiger partial charge in [-0.2, -0.15) is 0 Å². The lowest BCUT2D eigenvalue weighted by Crippen LogP contribution is -2.46. The zero-order valence-electron chi connectivity index (χ0n) is 12.0. The Morgan fingerprint density at radius 1 is 1.26 bits per heavy atom. The molecular weight excluding hydrogens is 236 g/mol. The van der Waals surface area contributed by atoms with E-state index >= 15 is 0 Å². The van der Waals surface area contributed by atoms with Gasteiger partial charge in [0.2, 0.25) is 0 Å². The van der Waals surface area contributed by atoms with Crippen molar-refractivity contribution in [2.45, 2.75) is 25.8 Å². The average Bonchev–Trinajstić information content (AvgIpc) is 2.48. The molecule has 19 heavy (non-hydrogen) atoms. The summed E-state index contributed by atoms with van der Waals surface area (Å²) in [6.07, 6.45) is 2.24. The maximum absolute atomic E-state index is 5.57. The molecule has 1 aromatic carbocycles. The summed E-state index contributed by atoms with van der Waals surface area (Å²) in [5, 5.41) is 3.50. The monoisotopic (exact) mass is 262 g/mol. The molecule has 3 heteroatoms. The molecule has 1 fully saturated rings. The predicted molar refractivity (Wildman–Crippen MR) is 79.4 cm³/mol. The van der Waals surface area contributed by atoms with Gasteiger partial charge in [0.25, 0.3) is 0 Å². The standard InChI is InChI=1S/C16H26N2O/c1-2-12-19-13-6-10-18-11-9-17-14-16(18)15-7-4-3-5-8-15/h3-5,7-8,16-17H,2,6,9-14H2,1H3. The molecular formula is C16H26N2O. The van der Waals surface area contributed by atoms with Crippen molar-refractivity contribution < 1.29 is 4.74 Å². The first-order valence-electron chi connectivity index (χ1n) is 7.49. The number of nitrogens with one attached hydrogen (secondary N) is 1. The molecule has 1 heterocycles. The SMILES string of the molecule is CCCOCCCN1CCNCC1c1ccccc1. The molecule has 0 saturated carbocycles. The van der Waals surface area contributed by atoms with Gasteiger partial charge in [-0.25, -0.2) is 0 Å². The van der Waals surface area contributed by atoms with E-state index in [1.807, 2.05) is 0 Å². The van der Waals surface area contributed by atoms with E-state index in [0.717, 1.165) is 52.2 Å². The van der Waals surface area contributed by atoms with Gasteiger partial charge in [-0.1, -0.05) is 37.3 Å². The van der Waals surface area contributed by atoms with Gasteiger partial charge in [0.05, 0.1) is 0 Å². The van der Waals surface area contributed by atoms with Crippen LogP contribution < -0.4 is 5.32 Å². The predicted octanol–water partition coefficient (Wildman–Crippen LogP) is 2.45. The van der Waals surface area contributed by atoms with Crippen LogP contribution in [0.4, 0.5) is 0 Å². The Kier molecular flexibility index (Phi) is 6.34. The summed E-state index contributed by atoms with van der Waals surface area (Å²) in [6.45, 7) is 8.35. The first kappa shape index (κ1) is 14.5. The fourth-order valence-electron chi connectivity index (χ4n) is 2.63. The van der Waals surface area contributed by atoms with Crippen LogP contribution in [0.15, 0.2) is 30.3 Å². The molecule has 0 bridgehead atoms. The molecule has 1 N–H and O–H groups in total. The van der Waals surface area contributed by atoms with Gasteiger partial charge < -0.3 is 10.1 Å². The van der Waals surface area contributed by atoms with Crippen LogP contribution in [0.25, 0.3) is 0 Å². The van der Waals surface area contributed by atoms with Gasteiger partial charge >= 0.3 is 0 Å². The largest absolute Gasteiger partial charge is 0.381 e. The summed E-state index contributed by atoms with van der Waals surface area (Å²) in [6, 6.07) is 11.3. The van der Waals surface area contributed by atoms with E-state index in [1.165, 1.54) is 5.56 Å². The van der Waals surface area contributed by atoms with Crippen LogP contribution in [0, 0.1) is 0 Å². The van der Waals surface area contributed by atoms with Gasteiger partial charge in [-0.05, 0) is 18.4 Å². The van der Waals surface area contributed by atoms with Crippen LogP contribution in [0.3, 0.4) is 0 Å². The molecule has 1 unspecified atom stereocenters. The highest BCUT2D eigenvalue weighted by molar-refractivity contribution is 5.20. The highest BCUT2D eigenvalue weighted by atomic mass is 16.5. The Morgan fingerprint density at radius 3 is 2.89 bits per heavy atom. The quantitative estimate of drug-likeness (QED) is 0.764. The van der Waals surface area contributed by atoms with E-state index < -0.39 is 0 Å². The number of hydrogen-bond donors (Lipinski definition) is 1. The first-order valence-corrected chi connectivity index (χ1v) is 7.49. The third-order valence-corrected chi connectivity index (χ3v) is 3.62. The molecule has 1 aromatic rings. The molecule has 1 aliphatic heterocycles. The molecule has 0 amide bonds. The van der Waals surface area contributed by atoms with Crippen LogP contribution in [0.1, 0.15) is 31.4 Å². The summed E-state index contributed by atoms with van der Waals surface area (Å²) in [5.74, 6) is 0. The summed E-state index contributed by atoms with van der Waals surface area (Å²) in [4.78, 5) is 2.58. The number of hydrogen-bond acceptors (Lipinski definition) is 3. The fourth-order valence-corrected chi connectivity index (χ4v) is 2.63. The number of rotatable bonds is 7. The summed E-state index contributed by atoms with van der Waals surface area (Å²) in [7, 11) is 0. The van der Waals surface area contributed by atoms with Crippen molar-refractivity contribution in [3.05, 3.63) is 35.9 Å². The lowest BCUT2D eigenvalue weighted by atomic mass is 10.0. The lowest BCUT2D eigenvalue weighted by Gasteiger charge is -2.36. The van der Waals surface area contributed by atoms with Crippen molar-refractivity contribution in [1.29, 1.82) is 0 Å². The molecule has 1 atom stereocenters. The zero-order valence-corrected chi connectivity index (χ0v) is 12.0. The summed E-state index contributed by atoms with van der Waals surface area (Å²) in [5.41, 5.74) is 1.42. The second-order valence-electron chi connectivity index (χ2n) is 5.13. The maximum Gasteiger partial charge on any atom is 0.0478 e. The Bertz CT molecular complexity index is 342. The average molecular weight is 262 g/mol. The van der Waals surface area contributed by atoms with E-state index in [2.05, 4.69) is 47.5 Å². The van der Waals surface area contributed by atoms with Crippen LogP contribution in [-0.4, -0.2) is 44.3 Å². The smallest absolute Gasteiger partial charge is 0.0478 e. The van der Waals surface area contributed by atoms with Crippen LogP contribution in [0.2, 0.25) is 0 Å². The third kappa shape index (κ3) is 4.60. The van der Waals surface area contributed by atoms with Crippen LogP contribution >= 0.6 is 0 Å². The lowest BCUT2D eigenvalue weighted by molar-refractivity contribution is 0.104. The molecule has 0 aliphatic carbocycles. The topological polar surface area (TPSA) is 24.5 Å². The Morgan fingerprint density at radius 2 is 2.11 bits per heavy atom. The van der Waals surface area contributed by atoms with Crippen molar-refractivity contribution in [3.63, 3.8) is 0 Å². The number of piperazine rings is 1. The fraction of sp³-hybridized carbons (Fsp3) is 0.625. The normalized spacial score (nSPS) is 20.6. The highest BCUT2D eigenvalue weighted by Gasteiger charge is 2.22. The number of benzene rings is 1.